The van der Waals surface area contributed by atoms with Crippen molar-refractivity contribution >= 4 is 21.9 Å². The zero-order valence-corrected chi connectivity index (χ0v) is 10.4. The number of allylic oxidation sites excluding steroid dienone is 1. The number of benzene rings is 1. The molecule has 0 aromatic heterocycles. The molecule has 0 aliphatic carbocycles. The Kier molecular flexibility index (Phi) is 3.29. The molecule has 0 spiro atoms. The van der Waals surface area contributed by atoms with Crippen LogP contribution in [0.5, 0.6) is 5.75 Å². The number of rotatable bonds is 1. The van der Waals surface area contributed by atoms with Crippen LogP contribution in [0.2, 0.25) is 0 Å². The van der Waals surface area contributed by atoms with E-state index in [0.717, 1.165) is 16.5 Å². The van der Waals surface area contributed by atoms with Crippen LogP contribution in [0.25, 0.3) is 0 Å². The topological polar surface area (TPSA) is 35.5 Å². The van der Waals surface area contributed by atoms with Crippen molar-refractivity contribution < 1.29 is 14.3 Å². The first kappa shape index (κ1) is 11.2. The smallest absolute Gasteiger partial charge is 0.341 e. The van der Waals surface area contributed by atoms with Gasteiger partial charge in [0.1, 0.15) is 17.9 Å². The average Bonchev–Trinajstić information content (AvgIpc) is 2.51. The SMILES string of the molecule is COC(=O)c1cc(Br)cc2c1OCC=CC2. The summed E-state index contributed by atoms with van der Waals surface area (Å²) in [6.07, 6.45) is 4.73. The molecule has 16 heavy (non-hydrogen) atoms. The van der Waals surface area contributed by atoms with Crippen molar-refractivity contribution in [2.24, 2.45) is 0 Å². The molecule has 1 aliphatic rings. The minimum Gasteiger partial charge on any atom is -0.488 e. The molecule has 0 saturated heterocycles. The number of hydrogen-bond acceptors (Lipinski definition) is 3. The van der Waals surface area contributed by atoms with E-state index < -0.39 is 0 Å². The highest BCUT2D eigenvalue weighted by Gasteiger charge is 2.18. The van der Waals surface area contributed by atoms with E-state index >= 15 is 0 Å². The molecule has 0 amide bonds. The largest absolute Gasteiger partial charge is 0.488 e. The summed E-state index contributed by atoms with van der Waals surface area (Å²) in [5.41, 5.74) is 1.46. The van der Waals surface area contributed by atoms with Gasteiger partial charge in [-0.3, -0.25) is 0 Å². The Morgan fingerprint density at radius 1 is 1.44 bits per heavy atom. The molecule has 1 aromatic rings. The van der Waals surface area contributed by atoms with E-state index in [1.807, 2.05) is 18.2 Å². The van der Waals surface area contributed by atoms with E-state index in [1.54, 1.807) is 6.07 Å². The molecule has 0 N–H and O–H groups in total. The van der Waals surface area contributed by atoms with Crippen LogP contribution >= 0.6 is 15.9 Å². The Morgan fingerprint density at radius 2 is 2.25 bits per heavy atom. The number of ether oxygens (including phenoxy) is 2. The van der Waals surface area contributed by atoms with Crippen molar-refractivity contribution in [2.75, 3.05) is 13.7 Å². The van der Waals surface area contributed by atoms with Crippen LogP contribution in [0.1, 0.15) is 15.9 Å². The highest BCUT2D eigenvalue weighted by atomic mass is 79.9. The number of hydrogen-bond donors (Lipinski definition) is 0. The number of esters is 1. The standard InChI is InChI=1S/C12H11BrO3/c1-15-12(14)10-7-9(13)6-8-4-2-3-5-16-11(8)10/h2-3,6-7H,4-5H2,1H3. The van der Waals surface area contributed by atoms with Crippen LogP contribution in [0.3, 0.4) is 0 Å². The van der Waals surface area contributed by atoms with Crippen LogP contribution < -0.4 is 4.74 Å². The number of methoxy groups -OCH3 is 1. The van der Waals surface area contributed by atoms with Crippen LogP contribution in [0.4, 0.5) is 0 Å². The Balaban J connectivity index is 2.53. The number of carbonyl (C=O) groups is 1. The molecule has 3 nitrogen and oxygen atoms in total. The van der Waals surface area contributed by atoms with Gasteiger partial charge in [0.2, 0.25) is 0 Å². The first-order valence-electron chi connectivity index (χ1n) is 4.91. The quantitative estimate of drug-likeness (QED) is 0.587. The van der Waals surface area contributed by atoms with Gasteiger partial charge in [0, 0.05) is 4.47 Å². The Bertz CT molecular complexity index is 452. The number of carbonyl (C=O) groups excluding carboxylic acids is 1. The maximum absolute atomic E-state index is 11.6. The number of fused-ring (bicyclic) bond motifs is 1. The zero-order chi connectivity index (χ0) is 11.5. The summed E-state index contributed by atoms with van der Waals surface area (Å²) in [5, 5.41) is 0. The molecule has 0 radical (unpaired) electrons. The third-order valence-corrected chi connectivity index (χ3v) is 2.82. The zero-order valence-electron chi connectivity index (χ0n) is 8.83. The predicted molar refractivity (Wildman–Crippen MR) is 63.8 cm³/mol. The fourth-order valence-electron chi connectivity index (χ4n) is 1.64. The van der Waals surface area contributed by atoms with Crippen LogP contribution in [-0.4, -0.2) is 19.7 Å². The van der Waals surface area contributed by atoms with Gasteiger partial charge in [-0.25, -0.2) is 4.79 Å². The molecular formula is C12H11BrO3. The van der Waals surface area contributed by atoms with Gasteiger partial charge in [0.15, 0.2) is 0 Å². The van der Waals surface area contributed by atoms with Gasteiger partial charge in [-0.1, -0.05) is 28.1 Å². The summed E-state index contributed by atoms with van der Waals surface area (Å²) < 4.78 is 11.1. The fraction of sp³-hybridized carbons (Fsp3) is 0.250. The molecule has 0 unspecified atom stereocenters. The molecule has 1 heterocycles. The molecule has 1 aromatic carbocycles. The predicted octanol–water partition coefficient (Wildman–Crippen LogP) is 2.73. The van der Waals surface area contributed by atoms with E-state index in [4.69, 9.17) is 9.47 Å². The highest BCUT2D eigenvalue weighted by Crippen LogP contribution is 2.31. The summed E-state index contributed by atoms with van der Waals surface area (Å²) in [5.74, 6) is 0.250. The Labute approximate surface area is 102 Å². The van der Waals surface area contributed by atoms with Crippen molar-refractivity contribution in [1.82, 2.24) is 0 Å². The molecule has 1 aliphatic heterocycles. The van der Waals surface area contributed by atoms with Gasteiger partial charge >= 0.3 is 5.97 Å². The fourth-order valence-corrected chi connectivity index (χ4v) is 2.15. The summed E-state index contributed by atoms with van der Waals surface area (Å²) >= 11 is 3.38. The average molecular weight is 283 g/mol. The van der Waals surface area contributed by atoms with E-state index in [0.29, 0.717) is 17.9 Å². The Hall–Kier alpha value is -1.29. The van der Waals surface area contributed by atoms with E-state index in [1.165, 1.54) is 7.11 Å². The van der Waals surface area contributed by atoms with Crippen molar-refractivity contribution in [3.05, 3.63) is 39.9 Å². The third-order valence-electron chi connectivity index (χ3n) is 2.36. The Morgan fingerprint density at radius 3 is 3.00 bits per heavy atom. The van der Waals surface area contributed by atoms with Gasteiger partial charge < -0.3 is 9.47 Å². The van der Waals surface area contributed by atoms with Crippen molar-refractivity contribution in [3.63, 3.8) is 0 Å². The van der Waals surface area contributed by atoms with Gasteiger partial charge in [-0.05, 0) is 24.1 Å². The molecular weight excluding hydrogens is 272 g/mol. The highest BCUT2D eigenvalue weighted by molar-refractivity contribution is 9.10. The van der Waals surface area contributed by atoms with Gasteiger partial charge in [-0.2, -0.15) is 0 Å². The second kappa shape index (κ2) is 4.70. The van der Waals surface area contributed by atoms with Crippen LogP contribution in [0.15, 0.2) is 28.8 Å². The molecule has 0 fully saturated rings. The van der Waals surface area contributed by atoms with E-state index in [2.05, 4.69) is 15.9 Å². The van der Waals surface area contributed by atoms with Crippen molar-refractivity contribution in [1.29, 1.82) is 0 Å². The summed E-state index contributed by atoms with van der Waals surface area (Å²) in [7, 11) is 1.37. The maximum Gasteiger partial charge on any atom is 0.341 e. The first-order valence-corrected chi connectivity index (χ1v) is 5.70. The van der Waals surface area contributed by atoms with Crippen LogP contribution in [-0.2, 0) is 11.2 Å². The number of halogens is 1. The molecule has 84 valence electrons. The second-order valence-corrected chi connectivity index (χ2v) is 4.34. The monoisotopic (exact) mass is 282 g/mol. The lowest BCUT2D eigenvalue weighted by molar-refractivity contribution is 0.0596. The lowest BCUT2D eigenvalue weighted by atomic mass is 10.1. The van der Waals surface area contributed by atoms with Gasteiger partial charge in [0.25, 0.3) is 0 Å². The van der Waals surface area contributed by atoms with Crippen LogP contribution in [0, 0.1) is 0 Å². The lowest BCUT2D eigenvalue weighted by Gasteiger charge is -2.12. The van der Waals surface area contributed by atoms with Gasteiger partial charge in [-0.15, -0.1) is 0 Å². The lowest BCUT2D eigenvalue weighted by Crippen LogP contribution is -2.07. The molecule has 4 heteroatoms. The second-order valence-electron chi connectivity index (χ2n) is 3.42. The minimum absolute atomic E-state index is 0.376. The summed E-state index contributed by atoms with van der Waals surface area (Å²) in [6.45, 7) is 0.485. The molecule has 0 bridgehead atoms. The maximum atomic E-state index is 11.6. The summed E-state index contributed by atoms with van der Waals surface area (Å²) in [4.78, 5) is 11.6. The first-order chi connectivity index (χ1) is 7.72. The third kappa shape index (κ3) is 2.11. The van der Waals surface area contributed by atoms with Crippen molar-refractivity contribution in [2.45, 2.75) is 6.42 Å². The molecule has 0 atom stereocenters. The normalized spacial score (nSPS) is 13.6. The van der Waals surface area contributed by atoms with Crippen molar-refractivity contribution in [3.8, 4) is 5.75 Å². The minimum atomic E-state index is -0.376. The molecule has 0 saturated carbocycles. The van der Waals surface area contributed by atoms with E-state index in [9.17, 15) is 4.79 Å². The van der Waals surface area contributed by atoms with E-state index in [-0.39, 0.29) is 5.97 Å². The van der Waals surface area contributed by atoms with Gasteiger partial charge in [0.05, 0.1) is 7.11 Å². The molecule has 2 rings (SSSR count). The summed E-state index contributed by atoms with van der Waals surface area (Å²) in [6, 6.07) is 3.67.